The van der Waals surface area contributed by atoms with Crippen LogP contribution in [0.1, 0.15) is 5.56 Å². The zero-order chi connectivity index (χ0) is 14.8. The number of para-hydroxylation sites is 1. The Labute approximate surface area is 135 Å². The number of halogens is 1. The van der Waals surface area contributed by atoms with E-state index in [-0.39, 0.29) is 0 Å². The SMILES string of the molecule is NC(=S)c1cc(Oc2cccc(Br)c2)nc2ccccc12. The van der Waals surface area contributed by atoms with Crippen molar-refractivity contribution in [3.05, 3.63) is 64.6 Å². The molecule has 2 aromatic carbocycles. The molecule has 0 radical (unpaired) electrons. The highest BCUT2D eigenvalue weighted by molar-refractivity contribution is 9.10. The second kappa shape index (κ2) is 5.79. The third-order valence-electron chi connectivity index (χ3n) is 2.98. The van der Waals surface area contributed by atoms with Gasteiger partial charge >= 0.3 is 0 Å². The fourth-order valence-corrected chi connectivity index (χ4v) is 2.61. The molecule has 3 nitrogen and oxygen atoms in total. The summed E-state index contributed by atoms with van der Waals surface area (Å²) < 4.78 is 6.74. The number of pyridine rings is 1. The average molecular weight is 359 g/mol. The van der Waals surface area contributed by atoms with E-state index in [0.29, 0.717) is 16.6 Å². The van der Waals surface area contributed by atoms with Gasteiger partial charge < -0.3 is 10.5 Å². The lowest BCUT2D eigenvalue weighted by Crippen LogP contribution is -2.10. The number of benzene rings is 2. The predicted octanol–water partition coefficient (Wildman–Crippen LogP) is 4.42. The van der Waals surface area contributed by atoms with E-state index in [1.807, 2.05) is 48.5 Å². The van der Waals surface area contributed by atoms with Gasteiger partial charge in [-0.15, -0.1) is 0 Å². The van der Waals surface area contributed by atoms with E-state index >= 15 is 0 Å². The molecule has 5 heteroatoms. The number of fused-ring (bicyclic) bond motifs is 1. The Hall–Kier alpha value is -1.98. The molecule has 0 saturated heterocycles. The quantitative estimate of drug-likeness (QED) is 0.703. The number of nitrogens with two attached hydrogens (primary N) is 1. The number of rotatable bonds is 3. The largest absolute Gasteiger partial charge is 0.439 e. The summed E-state index contributed by atoms with van der Waals surface area (Å²) in [4.78, 5) is 4.82. The molecule has 3 aromatic rings. The maximum Gasteiger partial charge on any atom is 0.220 e. The molecule has 0 aliphatic carbocycles. The minimum atomic E-state index is 0.327. The fourth-order valence-electron chi connectivity index (χ4n) is 2.06. The number of hydrogen-bond donors (Lipinski definition) is 1. The number of nitrogens with zero attached hydrogens (tertiary/aromatic N) is 1. The Balaban J connectivity index is 2.09. The van der Waals surface area contributed by atoms with Gasteiger partial charge in [0.2, 0.25) is 5.88 Å². The van der Waals surface area contributed by atoms with Crippen LogP contribution in [0.2, 0.25) is 0 Å². The molecule has 0 unspecified atom stereocenters. The molecule has 0 aliphatic rings. The summed E-state index contributed by atoms with van der Waals surface area (Å²) in [5.74, 6) is 1.16. The van der Waals surface area contributed by atoms with E-state index in [0.717, 1.165) is 20.9 Å². The molecule has 1 heterocycles. The zero-order valence-corrected chi connectivity index (χ0v) is 13.3. The Morgan fingerprint density at radius 2 is 1.90 bits per heavy atom. The normalized spacial score (nSPS) is 10.5. The Morgan fingerprint density at radius 3 is 2.67 bits per heavy atom. The van der Waals surface area contributed by atoms with Crippen molar-refractivity contribution in [1.82, 2.24) is 4.98 Å². The van der Waals surface area contributed by atoms with Crippen LogP contribution < -0.4 is 10.5 Å². The van der Waals surface area contributed by atoms with E-state index in [9.17, 15) is 0 Å². The Morgan fingerprint density at radius 1 is 1.10 bits per heavy atom. The van der Waals surface area contributed by atoms with Crippen LogP contribution in [0.4, 0.5) is 0 Å². The number of thiocarbonyl (C=S) groups is 1. The van der Waals surface area contributed by atoms with Gasteiger partial charge in [0, 0.05) is 21.5 Å². The van der Waals surface area contributed by atoms with Crippen LogP contribution in [0, 0.1) is 0 Å². The first-order chi connectivity index (χ1) is 10.1. The summed E-state index contributed by atoms with van der Waals surface area (Å²) in [7, 11) is 0. The van der Waals surface area contributed by atoms with Gasteiger partial charge in [0.05, 0.1) is 5.52 Å². The summed E-state index contributed by atoms with van der Waals surface area (Å²) in [6, 6.07) is 17.0. The summed E-state index contributed by atoms with van der Waals surface area (Å²) in [6.07, 6.45) is 0. The van der Waals surface area contributed by atoms with Crippen molar-refractivity contribution in [2.75, 3.05) is 0 Å². The van der Waals surface area contributed by atoms with E-state index in [2.05, 4.69) is 20.9 Å². The molecule has 0 saturated carbocycles. The van der Waals surface area contributed by atoms with Crippen LogP contribution in [0.5, 0.6) is 11.6 Å². The average Bonchev–Trinajstić information content (AvgIpc) is 2.46. The highest BCUT2D eigenvalue weighted by atomic mass is 79.9. The lowest BCUT2D eigenvalue weighted by atomic mass is 10.1. The molecule has 0 spiro atoms. The van der Waals surface area contributed by atoms with Crippen molar-refractivity contribution in [3.8, 4) is 11.6 Å². The summed E-state index contributed by atoms with van der Waals surface area (Å²) >= 11 is 8.53. The molecule has 3 rings (SSSR count). The summed E-state index contributed by atoms with van der Waals surface area (Å²) in [5, 5.41) is 0.923. The van der Waals surface area contributed by atoms with E-state index in [1.54, 1.807) is 6.07 Å². The third-order valence-corrected chi connectivity index (χ3v) is 3.69. The summed E-state index contributed by atoms with van der Waals surface area (Å²) in [6.45, 7) is 0. The second-order valence-electron chi connectivity index (χ2n) is 4.45. The lowest BCUT2D eigenvalue weighted by molar-refractivity contribution is 0.464. The monoisotopic (exact) mass is 358 g/mol. The van der Waals surface area contributed by atoms with Crippen LogP contribution in [0.15, 0.2) is 59.1 Å². The topological polar surface area (TPSA) is 48.1 Å². The molecule has 0 fully saturated rings. The van der Waals surface area contributed by atoms with Gasteiger partial charge in [-0.25, -0.2) is 4.98 Å². The van der Waals surface area contributed by atoms with Gasteiger partial charge in [-0.05, 0) is 24.3 Å². The molecule has 0 amide bonds. The molecule has 21 heavy (non-hydrogen) atoms. The van der Waals surface area contributed by atoms with E-state index in [4.69, 9.17) is 22.7 Å². The van der Waals surface area contributed by atoms with Gasteiger partial charge in [-0.2, -0.15) is 0 Å². The number of ether oxygens (including phenoxy) is 1. The van der Waals surface area contributed by atoms with Gasteiger partial charge in [0.15, 0.2) is 0 Å². The van der Waals surface area contributed by atoms with Crippen molar-refractivity contribution >= 4 is 44.0 Å². The smallest absolute Gasteiger partial charge is 0.220 e. The zero-order valence-electron chi connectivity index (χ0n) is 10.9. The molecule has 0 atom stereocenters. The van der Waals surface area contributed by atoms with Gasteiger partial charge in [0.25, 0.3) is 0 Å². The Kier molecular flexibility index (Phi) is 3.86. The van der Waals surface area contributed by atoms with Crippen molar-refractivity contribution < 1.29 is 4.74 Å². The van der Waals surface area contributed by atoms with Crippen LogP contribution in [0.25, 0.3) is 10.9 Å². The van der Waals surface area contributed by atoms with Crippen LogP contribution in [-0.2, 0) is 0 Å². The first-order valence-electron chi connectivity index (χ1n) is 6.26. The van der Waals surface area contributed by atoms with E-state index in [1.165, 1.54) is 0 Å². The van der Waals surface area contributed by atoms with Crippen molar-refractivity contribution in [2.24, 2.45) is 5.73 Å². The number of aromatic nitrogens is 1. The minimum Gasteiger partial charge on any atom is -0.439 e. The van der Waals surface area contributed by atoms with Crippen LogP contribution in [0.3, 0.4) is 0 Å². The van der Waals surface area contributed by atoms with Crippen molar-refractivity contribution in [1.29, 1.82) is 0 Å². The van der Waals surface area contributed by atoms with Crippen LogP contribution in [-0.4, -0.2) is 9.97 Å². The third kappa shape index (κ3) is 3.04. The standard InChI is InChI=1S/C16H11BrN2OS/c17-10-4-3-5-11(8-10)20-15-9-13(16(18)21)12-6-1-2-7-14(12)19-15/h1-9H,(H2,18,21). The molecule has 2 N–H and O–H groups in total. The highest BCUT2D eigenvalue weighted by Gasteiger charge is 2.09. The van der Waals surface area contributed by atoms with Gasteiger partial charge in [0.1, 0.15) is 10.7 Å². The fraction of sp³-hybridized carbons (Fsp3) is 0. The Bertz CT molecular complexity index is 835. The first kappa shape index (κ1) is 14.0. The van der Waals surface area contributed by atoms with Gasteiger partial charge in [-0.3, -0.25) is 0 Å². The molecule has 104 valence electrons. The molecule has 0 aliphatic heterocycles. The highest BCUT2D eigenvalue weighted by Crippen LogP contribution is 2.27. The minimum absolute atomic E-state index is 0.327. The van der Waals surface area contributed by atoms with E-state index < -0.39 is 0 Å². The van der Waals surface area contributed by atoms with Crippen molar-refractivity contribution in [3.63, 3.8) is 0 Å². The van der Waals surface area contributed by atoms with Gasteiger partial charge in [-0.1, -0.05) is 52.4 Å². The second-order valence-corrected chi connectivity index (χ2v) is 5.80. The first-order valence-corrected chi connectivity index (χ1v) is 7.46. The number of hydrogen-bond acceptors (Lipinski definition) is 3. The molecular formula is C16H11BrN2OS. The molecular weight excluding hydrogens is 348 g/mol. The predicted molar refractivity (Wildman–Crippen MR) is 91.8 cm³/mol. The summed E-state index contributed by atoms with van der Waals surface area (Å²) in [5.41, 5.74) is 7.37. The maximum atomic E-state index is 5.81. The van der Waals surface area contributed by atoms with Crippen molar-refractivity contribution in [2.45, 2.75) is 0 Å². The lowest BCUT2D eigenvalue weighted by Gasteiger charge is -2.09. The molecule has 1 aromatic heterocycles. The van der Waals surface area contributed by atoms with Crippen LogP contribution >= 0.6 is 28.1 Å². The maximum absolute atomic E-state index is 5.81. The molecule has 0 bridgehead atoms.